The minimum absolute atomic E-state index is 0.203. The van der Waals surface area contributed by atoms with Gasteiger partial charge >= 0.3 is 5.97 Å². The van der Waals surface area contributed by atoms with Crippen molar-refractivity contribution in [1.29, 1.82) is 0 Å². The third-order valence-electron chi connectivity index (χ3n) is 1.93. The number of carboxylic acids is 1. The summed E-state index contributed by atoms with van der Waals surface area (Å²) in [7, 11) is 0. The van der Waals surface area contributed by atoms with Gasteiger partial charge in [-0.1, -0.05) is 6.92 Å². The Balaban J connectivity index is 2.51. The zero-order valence-electron chi connectivity index (χ0n) is 7.30. The molecule has 1 rings (SSSR count). The summed E-state index contributed by atoms with van der Waals surface area (Å²) in [5.74, 6) is -1.45. The van der Waals surface area contributed by atoms with E-state index in [2.05, 4.69) is 0 Å². The summed E-state index contributed by atoms with van der Waals surface area (Å²) in [6.45, 7) is 1.56. The Morgan fingerprint density at radius 3 is 2.85 bits per heavy atom. The number of rotatable bonds is 4. The Bertz CT molecular complexity index is 265. The molecule has 0 spiro atoms. The van der Waals surface area contributed by atoms with Crippen molar-refractivity contribution in [3.63, 3.8) is 0 Å². The lowest BCUT2D eigenvalue weighted by atomic mass is 10.0. The van der Waals surface area contributed by atoms with Crippen LogP contribution in [0.1, 0.15) is 25.0 Å². The monoisotopic (exact) mass is 184 g/mol. The predicted octanol–water partition coefficient (Wildman–Crippen LogP) is 1.42. The van der Waals surface area contributed by atoms with Gasteiger partial charge in [-0.15, -0.1) is 0 Å². The number of hydrogen-bond acceptors (Lipinski definition) is 3. The average Bonchev–Trinajstić information content (AvgIpc) is 2.55. The second-order valence-electron chi connectivity index (χ2n) is 3.05. The van der Waals surface area contributed by atoms with E-state index in [0.717, 1.165) is 0 Å². The fourth-order valence-electron chi connectivity index (χ4n) is 1.04. The number of furan rings is 1. The molecule has 0 bridgehead atoms. The average molecular weight is 184 g/mol. The number of hydrogen-bond donors (Lipinski definition) is 2. The molecule has 0 saturated heterocycles. The molecule has 0 aromatic carbocycles. The summed E-state index contributed by atoms with van der Waals surface area (Å²) >= 11 is 0. The molecular weight excluding hydrogens is 172 g/mol. The van der Waals surface area contributed by atoms with Gasteiger partial charge in [-0.3, -0.25) is 4.79 Å². The van der Waals surface area contributed by atoms with Crippen molar-refractivity contribution in [3.8, 4) is 0 Å². The van der Waals surface area contributed by atoms with E-state index in [1.54, 1.807) is 13.0 Å². The van der Waals surface area contributed by atoms with Crippen molar-refractivity contribution < 1.29 is 19.4 Å². The van der Waals surface area contributed by atoms with Gasteiger partial charge in [-0.05, 0) is 12.5 Å². The van der Waals surface area contributed by atoms with Crippen LogP contribution in [0.4, 0.5) is 0 Å². The van der Waals surface area contributed by atoms with Gasteiger partial charge in [0.25, 0.3) is 0 Å². The van der Waals surface area contributed by atoms with Gasteiger partial charge in [0, 0.05) is 5.56 Å². The molecule has 0 aliphatic heterocycles. The highest BCUT2D eigenvalue weighted by atomic mass is 16.4. The first-order valence-corrected chi connectivity index (χ1v) is 4.04. The summed E-state index contributed by atoms with van der Waals surface area (Å²) in [5.41, 5.74) is 0.619. The predicted molar refractivity (Wildman–Crippen MR) is 45.1 cm³/mol. The van der Waals surface area contributed by atoms with E-state index in [1.165, 1.54) is 12.5 Å². The van der Waals surface area contributed by atoms with Gasteiger partial charge in [0.1, 0.15) is 0 Å². The maximum Gasteiger partial charge on any atom is 0.306 e. The number of aliphatic hydroxyl groups is 1. The summed E-state index contributed by atoms with van der Waals surface area (Å²) < 4.78 is 4.77. The van der Waals surface area contributed by atoms with Crippen molar-refractivity contribution in [2.45, 2.75) is 19.4 Å². The summed E-state index contributed by atoms with van der Waals surface area (Å²) in [4.78, 5) is 10.5. The van der Waals surface area contributed by atoms with Crippen LogP contribution >= 0.6 is 0 Å². The van der Waals surface area contributed by atoms with Gasteiger partial charge in [-0.2, -0.15) is 0 Å². The van der Waals surface area contributed by atoms with Gasteiger partial charge in [0.15, 0.2) is 0 Å². The molecule has 0 aliphatic rings. The van der Waals surface area contributed by atoms with Crippen LogP contribution in [0.2, 0.25) is 0 Å². The molecule has 2 N–H and O–H groups in total. The SMILES string of the molecule is CC(CC(O)c1ccoc1)C(=O)O. The van der Waals surface area contributed by atoms with Crippen molar-refractivity contribution >= 4 is 5.97 Å². The van der Waals surface area contributed by atoms with Crippen molar-refractivity contribution in [3.05, 3.63) is 24.2 Å². The van der Waals surface area contributed by atoms with Crippen LogP contribution in [0.25, 0.3) is 0 Å². The van der Waals surface area contributed by atoms with E-state index in [1.807, 2.05) is 0 Å². The van der Waals surface area contributed by atoms with Crippen LogP contribution in [0.15, 0.2) is 23.0 Å². The van der Waals surface area contributed by atoms with Gasteiger partial charge < -0.3 is 14.6 Å². The van der Waals surface area contributed by atoms with E-state index in [-0.39, 0.29) is 6.42 Å². The normalized spacial score (nSPS) is 15.2. The third-order valence-corrected chi connectivity index (χ3v) is 1.93. The molecule has 1 heterocycles. The highest BCUT2D eigenvalue weighted by Crippen LogP contribution is 2.21. The molecule has 0 radical (unpaired) electrons. The molecule has 0 saturated carbocycles. The fourth-order valence-corrected chi connectivity index (χ4v) is 1.04. The number of carbonyl (C=O) groups is 1. The minimum Gasteiger partial charge on any atom is -0.481 e. The molecule has 2 atom stereocenters. The van der Waals surface area contributed by atoms with Gasteiger partial charge in [0.05, 0.1) is 24.5 Å². The van der Waals surface area contributed by atoms with Crippen LogP contribution in [0.5, 0.6) is 0 Å². The van der Waals surface area contributed by atoms with Crippen molar-refractivity contribution in [2.24, 2.45) is 5.92 Å². The lowest BCUT2D eigenvalue weighted by molar-refractivity contribution is -0.142. The Hall–Kier alpha value is -1.29. The third kappa shape index (κ3) is 2.59. The van der Waals surface area contributed by atoms with E-state index >= 15 is 0 Å². The number of aliphatic hydroxyl groups excluding tert-OH is 1. The Morgan fingerprint density at radius 2 is 2.38 bits per heavy atom. The van der Waals surface area contributed by atoms with Crippen LogP contribution in [-0.4, -0.2) is 16.2 Å². The minimum atomic E-state index is -0.900. The first kappa shape index (κ1) is 9.80. The van der Waals surface area contributed by atoms with E-state index in [0.29, 0.717) is 5.56 Å². The number of aliphatic carboxylic acids is 1. The molecule has 1 aromatic heterocycles. The lowest BCUT2D eigenvalue weighted by Gasteiger charge is -2.10. The topological polar surface area (TPSA) is 70.7 Å². The second kappa shape index (κ2) is 4.09. The molecule has 0 aliphatic carbocycles. The van der Waals surface area contributed by atoms with E-state index in [4.69, 9.17) is 9.52 Å². The molecular formula is C9H12O4. The first-order valence-electron chi connectivity index (χ1n) is 4.04. The lowest BCUT2D eigenvalue weighted by Crippen LogP contribution is -2.13. The van der Waals surface area contributed by atoms with Crippen LogP contribution in [-0.2, 0) is 4.79 Å². The maximum atomic E-state index is 10.5. The molecule has 4 nitrogen and oxygen atoms in total. The van der Waals surface area contributed by atoms with Crippen molar-refractivity contribution in [1.82, 2.24) is 0 Å². The van der Waals surface area contributed by atoms with Crippen LogP contribution in [0, 0.1) is 5.92 Å². The molecule has 1 aromatic rings. The first-order chi connectivity index (χ1) is 6.11. The molecule has 13 heavy (non-hydrogen) atoms. The number of carboxylic acid groups (broad SMARTS) is 1. The molecule has 4 heteroatoms. The van der Waals surface area contributed by atoms with E-state index in [9.17, 15) is 9.90 Å². The van der Waals surface area contributed by atoms with Gasteiger partial charge in [0.2, 0.25) is 0 Å². The zero-order chi connectivity index (χ0) is 9.84. The van der Waals surface area contributed by atoms with Crippen LogP contribution in [0.3, 0.4) is 0 Å². The molecule has 72 valence electrons. The Labute approximate surface area is 75.8 Å². The molecule has 0 amide bonds. The highest BCUT2D eigenvalue weighted by Gasteiger charge is 2.18. The summed E-state index contributed by atoms with van der Waals surface area (Å²) in [6.07, 6.45) is 2.31. The largest absolute Gasteiger partial charge is 0.481 e. The quantitative estimate of drug-likeness (QED) is 0.742. The fraction of sp³-hybridized carbons (Fsp3) is 0.444. The highest BCUT2D eigenvalue weighted by molar-refractivity contribution is 5.69. The van der Waals surface area contributed by atoms with Crippen LogP contribution < -0.4 is 0 Å². The Kier molecular flexibility index (Phi) is 3.08. The summed E-state index contributed by atoms with van der Waals surface area (Å²) in [6, 6.07) is 1.62. The van der Waals surface area contributed by atoms with Gasteiger partial charge in [-0.25, -0.2) is 0 Å². The summed E-state index contributed by atoms with van der Waals surface area (Å²) in [5, 5.41) is 18.1. The zero-order valence-corrected chi connectivity index (χ0v) is 7.30. The van der Waals surface area contributed by atoms with Crippen molar-refractivity contribution in [2.75, 3.05) is 0 Å². The molecule has 2 unspecified atom stereocenters. The Morgan fingerprint density at radius 1 is 1.69 bits per heavy atom. The van der Waals surface area contributed by atoms with E-state index < -0.39 is 18.0 Å². The molecule has 0 fully saturated rings. The smallest absolute Gasteiger partial charge is 0.306 e. The standard InChI is InChI=1S/C9H12O4/c1-6(9(11)12)4-8(10)7-2-3-13-5-7/h2-3,5-6,8,10H,4H2,1H3,(H,11,12). The second-order valence-corrected chi connectivity index (χ2v) is 3.05. The maximum absolute atomic E-state index is 10.5.